The van der Waals surface area contributed by atoms with Crippen molar-refractivity contribution in [2.45, 2.75) is 45.1 Å². The molecule has 0 N–H and O–H groups in total. The van der Waals surface area contributed by atoms with Crippen LogP contribution in [0.4, 0.5) is 0 Å². The SMILES string of the molecule is C=C(C)C(=O)OC12CCC(CC1C)C2. The molecule has 0 aromatic rings. The fourth-order valence-electron chi connectivity index (χ4n) is 2.97. The normalized spacial score (nSPS) is 39.9. The Morgan fingerprint density at radius 3 is 2.71 bits per heavy atom. The molecule has 0 aromatic heterocycles. The summed E-state index contributed by atoms with van der Waals surface area (Å²) in [5, 5.41) is 0. The molecule has 14 heavy (non-hydrogen) atoms. The second-order valence-corrected chi connectivity index (χ2v) is 4.98. The Kier molecular flexibility index (Phi) is 2.17. The minimum atomic E-state index is -0.209. The third-order valence-corrected chi connectivity index (χ3v) is 3.84. The van der Waals surface area contributed by atoms with Crippen molar-refractivity contribution in [3.8, 4) is 0 Å². The third-order valence-electron chi connectivity index (χ3n) is 3.84. The lowest BCUT2D eigenvalue weighted by molar-refractivity contribution is -0.158. The maximum Gasteiger partial charge on any atom is 0.333 e. The van der Waals surface area contributed by atoms with Crippen molar-refractivity contribution >= 4 is 5.97 Å². The van der Waals surface area contributed by atoms with E-state index in [1.54, 1.807) is 6.92 Å². The van der Waals surface area contributed by atoms with Gasteiger partial charge in [0.2, 0.25) is 0 Å². The van der Waals surface area contributed by atoms with Crippen LogP contribution < -0.4 is 0 Å². The topological polar surface area (TPSA) is 26.3 Å². The van der Waals surface area contributed by atoms with Crippen LogP contribution in [0.25, 0.3) is 0 Å². The standard InChI is InChI=1S/C12H18O2/c1-8(2)11(13)14-12-5-4-10(7-12)6-9(12)3/h9-10H,1,4-7H2,2-3H3. The molecule has 0 amide bonds. The van der Waals surface area contributed by atoms with Crippen molar-refractivity contribution in [3.63, 3.8) is 0 Å². The molecule has 2 heteroatoms. The lowest BCUT2D eigenvalue weighted by atomic mass is 9.86. The van der Waals surface area contributed by atoms with Gasteiger partial charge in [0.15, 0.2) is 0 Å². The number of ether oxygens (including phenoxy) is 1. The van der Waals surface area contributed by atoms with Crippen molar-refractivity contribution in [1.82, 2.24) is 0 Å². The fraction of sp³-hybridized carbons (Fsp3) is 0.750. The molecule has 0 saturated heterocycles. The molecular formula is C12H18O2. The minimum Gasteiger partial charge on any atom is -0.455 e. The highest BCUT2D eigenvalue weighted by atomic mass is 16.6. The van der Waals surface area contributed by atoms with Gasteiger partial charge in [0.1, 0.15) is 5.60 Å². The van der Waals surface area contributed by atoms with Crippen LogP contribution in [-0.4, -0.2) is 11.6 Å². The molecule has 2 rings (SSSR count). The van der Waals surface area contributed by atoms with E-state index in [9.17, 15) is 4.79 Å². The van der Waals surface area contributed by atoms with E-state index in [1.165, 1.54) is 12.8 Å². The molecule has 0 spiro atoms. The first-order valence-electron chi connectivity index (χ1n) is 5.42. The fourth-order valence-corrected chi connectivity index (χ4v) is 2.97. The molecule has 78 valence electrons. The summed E-state index contributed by atoms with van der Waals surface area (Å²) in [5.74, 6) is 1.12. The predicted molar refractivity (Wildman–Crippen MR) is 54.8 cm³/mol. The van der Waals surface area contributed by atoms with Crippen LogP contribution in [-0.2, 0) is 9.53 Å². The van der Waals surface area contributed by atoms with E-state index in [0.717, 1.165) is 18.8 Å². The first kappa shape index (κ1) is 9.75. The van der Waals surface area contributed by atoms with Crippen molar-refractivity contribution in [3.05, 3.63) is 12.2 Å². The first-order chi connectivity index (χ1) is 6.53. The smallest absolute Gasteiger partial charge is 0.333 e. The predicted octanol–water partition coefficient (Wildman–Crippen LogP) is 2.68. The molecule has 2 fully saturated rings. The zero-order valence-electron chi connectivity index (χ0n) is 9.01. The van der Waals surface area contributed by atoms with E-state index in [4.69, 9.17) is 4.74 Å². The lowest BCUT2D eigenvalue weighted by Gasteiger charge is -2.32. The molecule has 2 saturated carbocycles. The Morgan fingerprint density at radius 1 is 1.57 bits per heavy atom. The number of rotatable bonds is 2. The van der Waals surface area contributed by atoms with Crippen LogP contribution in [0.3, 0.4) is 0 Å². The third kappa shape index (κ3) is 1.37. The maximum atomic E-state index is 11.5. The average Bonchev–Trinajstić information content (AvgIpc) is 2.60. The minimum absolute atomic E-state index is 0.138. The van der Waals surface area contributed by atoms with E-state index in [0.29, 0.717) is 11.5 Å². The molecule has 0 aliphatic heterocycles. The Morgan fingerprint density at radius 2 is 2.29 bits per heavy atom. The molecule has 0 heterocycles. The summed E-state index contributed by atoms with van der Waals surface area (Å²) in [6, 6.07) is 0. The van der Waals surface area contributed by atoms with E-state index in [-0.39, 0.29) is 11.6 Å². The molecule has 2 nitrogen and oxygen atoms in total. The highest BCUT2D eigenvalue weighted by Gasteiger charge is 2.52. The van der Waals surface area contributed by atoms with Crippen molar-refractivity contribution in [2.75, 3.05) is 0 Å². The van der Waals surface area contributed by atoms with Gasteiger partial charge in [0.25, 0.3) is 0 Å². The highest BCUT2D eigenvalue weighted by Crippen LogP contribution is 2.53. The zero-order chi connectivity index (χ0) is 10.3. The number of fused-ring (bicyclic) bond motifs is 2. The molecule has 3 unspecified atom stereocenters. The Bertz CT molecular complexity index is 282. The number of carbonyl (C=O) groups excluding carboxylic acids is 1. The quantitative estimate of drug-likeness (QED) is 0.499. The van der Waals surface area contributed by atoms with E-state index in [2.05, 4.69) is 13.5 Å². The van der Waals surface area contributed by atoms with E-state index in [1.807, 2.05) is 0 Å². The Labute approximate surface area is 85.3 Å². The van der Waals surface area contributed by atoms with Crippen molar-refractivity contribution < 1.29 is 9.53 Å². The Balaban J connectivity index is 2.09. The molecule has 2 aliphatic carbocycles. The number of hydrogen-bond acceptors (Lipinski definition) is 2. The summed E-state index contributed by atoms with van der Waals surface area (Å²) in [6.07, 6.45) is 4.59. The van der Waals surface area contributed by atoms with Gasteiger partial charge >= 0.3 is 5.97 Å². The van der Waals surface area contributed by atoms with Crippen LogP contribution in [0.2, 0.25) is 0 Å². The van der Waals surface area contributed by atoms with Gasteiger partial charge in [0.05, 0.1) is 0 Å². The largest absolute Gasteiger partial charge is 0.455 e. The van der Waals surface area contributed by atoms with Crippen LogP contribution >= 0.6 is 0 Å². The number of esters is 1. The van der Waals surface area contributed by atoms with Gasteiger partial charge in [-0.3, -0.25) is 0 Å². The van der Waals surface area contributed by atoms with Gasteiger partial charge in [-0.05, 0) is 44.4 Å². The summed E-state index contributed by atoms with van der Waals surface area (Å²) < 4.78 is 5.62. The van der Waals surface area contributed by atoms with Crippen LogP contribution in [0.5, 0.6) is 0 Å². The summed E-state index contributed by atoms with van der Waals surface area (Å²) >= 11 is 0. The highest BCUT2D eigenvalue weighted by molar-refractivity contribution is 5.87. The van der Waals surface area contributed by atoms with Gasteiger partial charge in [-0.25, -0.2) is 4.79 Å². The molecule has 3 atom stereocenters. The molecule has 2 bridgehead atoms. The van der Waals surface area contributed by atoms with Gasteiger partial charge in [-0.15, -0.1) is 0 Å². The van der Waals surface area contributed by atoms with Crippen molar-refractivity contribution in [1.29, 1.82) is 0 Å². The number of carbonyl (C=O) groups is 1. The molecule has 0 aromatic carbocycles. The van der Waals surface area contributed by atoms with Crippen LogP contribution in [0.15, 0.2) is 12.2 Å². The molecule has 0 radical (unpaired) electrons. The van der Waals surface area contributed by atoms with Gasteiger partial charge in [0, 0.05) is 5.57 Å². The van der Waals surface area contributed by atoms with Gasteiger partial charge in [-0.1, -0.05) is 13.5 Å². The van der Waals surface area contributed by atoms with E-state index < -0.39 is 0 Å². The summed E-state index contributed by atoms with van der Waals surface area (Å²) in [5.41, 5.74) is 0.377. The second kappa shape index (κ2) is 3.11. The monoisotopic (exact) mass is 194 g/mol. The Hall–Kier alpha value is -0.790. The lowest BCUT2D eigenvalue weighted by Crippen LogP contribution is -2.36. The second-order valence-electron chi connectivity index (χ2n) is 4.98. The number of hydrogen-bond donors (Lipinski definition) is 0. The summed E-state index contributed by atoms with van der Waals surface area (Å²) in [7, 11) is 0. The molecular weight excluding hydrogens is 176 g/mol. The van der Waals surface area contributed by atoms with Gasteiger partial charge in [-0.2, -0.15) is 0 Å². The first-order valence-corrected chi connectivity index (χ1v) is 5.42. The zero-order valence-corrected chi connectivity index (χ0v) is 9.01. The van der Waals surface area contributed by atoms with Crippen molar-refractivity contribution in [2.24, 2.45) is 11.8 Å². The maximum absolute atomic E-state index is 11.5. The van der Waals surface area contributed by atoms with Crippen LogP contribution in [0, 0.1) is 11.8 Å². The molecule has 2 aliphatic rings. The van der Waals surface area contributed by atoms with Gasteiger partial charge < -0.3 is 4.74 Å². The average molecular weight is 194 g/mol. The van der Waals surface area contributed by atoms with Crippen LogP contribution in [0.1, 0.15) is 39.5 Å². The summed E-state index contributed by atoms with van der Waals surface area (Å²) in [6.45, 7) is 7.54. The van der Waals surface area contributed by atoms with E-state index >= 15 is 0 Å². The summed E-state index contributed by atoms with van der Waals surface area (Å²) in [4.78, 5) is 11.5.